The number of nitrogens with one attached hydrogen (secondary N) is 1. The number of nitrogens with zero attached hydrogens (tertiary/aromatic N) is 5. The maximum Gasteiger partial charge on any atom is 0.243 e. The standard InChI is InChI=1S/C18H30N6O5S.HI/c1-22(2)17(25)12-20-18(19-11-15-3-9-28-13-15)23-5-7-24(8-6-23)30(26,27)14-16-4-10-29-21-16;/h4,10,15H,3,5-9,11-14H2,1-2H3,(H,19,20);1H. The number of carbonyl (C=O) groups is 1. The van der Waals surface area contributed by atoms with Crippen LogP contribution in [-0.2, 0) is 25.3 Å². The van der Waals surface area contributed by atoms with E-state index in [1.807, 2.05) is 4.90 Å². The summed E-state index contributed by atoms with van der Waals surface area (Å²) in [6.45, 7) is 3.89. The highest BCUT2D eigenvalue weighted by molar-refractivity contribution is 14.0. The first kappa shape index (κ1) is 25.8. The molecule has 2 aliphatic heterocycles. The Morgan fingerprint density at radius 3 is 2.65 bits per heavy atom. The molecule has 1 atom stereocenters. The van der Waals surface area contributed by atoms with E-state index in [0.717, 1.165) is 13.0 Å². The lowest BCUT2D eigenvalue weighted by molar-refractivity contribution is -0.127. The van der Waals surface area contributed by atoms with E-state index in [4.69, 9.17) is 9.26 Å². The van der Waals surface area contributed by atoms with Gasteiger partial charge < -0.3 is 24.4 Å². The molecule has 0 spiro atoms. The molecule has 11 nitrogen and oxygen atoms in total. The van der Waals surface area contributed by atoms with Crippen LogP contribution in [0.4, 0.5) is 0 Å². The number of amides is 1. The molecule has 1 amide bonds. The minimum atomic E-state index is -3.47. The number of guanidine groups is 1. The van der Waals surface area contributed by atoms with Gasteiger partial charge in [-0.15, -0.1) is 24.0 Å². The molecule has 2 saturated heterocycles. The average Bonchev–Trinajstić information content (AvgIpc) is 3.42. The van der Waals surface area contributed by atoms with Crippen LogP contribution >= 0.6 is 24.0 Å². The number of likely N-dealkylation sites (N-methyl/N-ethyl adjacent to an activating group) is 1. The van der Waals surface area contributed by atoms with Crippen molar-refractivity contribution in [2.75, 3.05) is 66.6 Å². The molecule has 31 heavy (non-hydrogen) atoms. The van der Waals surface area contributed by atoms with Crippen LogP contribution in [0.15, 0.2) is 21.8 Å². The number of rotatable bonds is 7. The van der Waals surface area contributed by atoms with Gasteiger partial charge >= 0.3 is 0 Å². The number of piperazine rings is 1. The minimum Gasteiger partial charge on any atom is -0.381 e. The Morgan fingerprint density at radius 2 is 2.06 bits per heavy atom. The molecule has 0 aliphatic carbocycles. The van der Waals surface area contributed by atoms with E-state index >= 15 is 0 Å². The molecule has 0 aromatic carbocycles. The minimum absolute atomic E-state index is 0. The van der Waals surface area contributed by atoms with Gasteiger partial charge in [0.05, 0.1) is 12.3 Å². The van der Waals surface area contributed by atoms with Crippen LogP contribution in [0.3, 0.4) is 0 Å². The first-order valence-electron chi connectivity index (χ1n) is 10.0. The molecular formula is C18H31IN6O5S. The van der Waals surface area contributed by atoms with Crippen LogP contribution in [0.5, 0.6) is 0 Å². The summed E-state index contributed by atoms with van der Waals surface area (Å²) in [6.07, 6.45) is 2.35. The third-order valence-electron chi connectivity index (χ3n) is 5.19. The molecular weight excluding hydrogens is 539 g/mol. The summed E-state index contributed by atoms with van der Waals surface area (Å²) in [5.74, 6) is 0.767. The van der Waals surface area contributed by atoms with Gasteiger partial charge in [0.1, 0.15) is 18.6 Å². The summed E-state index contributed by atoms with van der Waals surface area (Å²) in [6, 6.07) is 1.55. The van der Waals surface area contributed by atoms with Crippen molar-refractivity contribution >= 4 is 45.9 Å². The van der Waals surface area contributed by atoms with Crippen molar-refractivity contribution in [2.24, 2.45) is 10.9 Å². The van der Waals surface area contributed by atoms with Gasteiger partial charge in [0.25, 0.3) is 0 Å². The summed E-state index contributed by atoms with van der Waals surface area (Å²) in [5, 5.41) is 7.04. The summed E-state index contributed by atoms with van der Waals surface area (Å²) >= 11 is 0. The highest BCUT2D eigenvalue weighted by Crippen LogP contribution is 2.14. The van der Waals surface area contributed by atoms with Gasteiger partial charge in [-0.2, -0.15) is 4.31 Å². The predicted octanol–water partition coefficient (Wildman–Crippen LogP) is -0.190. The van der Waals surface area contributed by atoms with Crippen LogP contribution in [-0.4, -0.2) is 106 Å². The average molecular weight is 570 g/mol. The lowest BCUT2D eigenvalue weighted by Crippen LogP contribution is -2.54. The Morgan fingerprint density at radius 1 is 1.32 bits per heavy atom. The van der Waals surface area contributed by atoms with Crippen LogP contribution in [0.1, 0.15) is 12.1 Å². The van der Waals surface area contributed by atoms with Crippen LogP contribution in [0.2, 0.25) is 0 Å². The number of aliphatic imine (C=N–C) groups is 1. The van der Waals surface area contributed by atoms with Crippen molar-refractivity contribution in [2.45, 2.75) is 12.2 Å². The topological polar surface area (TPSA) is 121 Å². The summed E-state index contributed by atoms with van der Waals surface area (Å²) in [7, 11) is -0.0836. The van der Waals surface area contributed by atoms with Gasteiger partial charge in [0.2, 0.25) is 15.9 Å². The summed E-state index contributed by atoms with van der Waals surface area (Å²) in [5.41, 5.74) is 0.391. The summed E-state index contributed by atoms with van der Waals surface area (Å²) in [4.78, 5) is 20.0. The Bertz CT molecular complexity index is 819. The molecule has 1 N–H and O–H groups in total. The van der Waals surface area contributed by atoms with Gasteiger partial charge in [-0.25, -0.2) is 13.4 Å². The molecule has 3 heterocycles. The molecule has 0 radical (unpaired) electrons. The maximum atomic E-state index is 12.6. The molecule has 1 unspecified atom stereocenters. The number of ether oxygens (including phenoxy) is 1. The van der Waals surface area contributed by atoms with E-state index in [9.17, 15) is 13.2 Å². The number of hydrogen-bond donors (Lipinski definition) is 1. The molecule has 1 aromatic heterocycles. The molecule has 2 fully saturated rings. The lowest BCUT2D eigenvalue weighted by Gasteiger charge is -2.36. The maximum absolute atomic E-state index is 12.6. The van der Waals surface area contributed by atoms with E-state index < -0.39 is 10.0 Å². The number of carbonyl (C=O) groups excluding carboxylic acids is 1. The fourth-order valence-corrected chi connectivity index (χ4v) is 4.72. The van der Waals surface area contributed by atoms with Gasteiger partial charge in [-0.3, -0.25) is 4.79 Å². The Balaban J connectivity index is 0.00000341. The van der Waals surface area contributed by atoms with Crippen molar-refractivity contribution in [1.82, 2.24) is 24.6 Å². The smallest absolute Gasteiger partial charge is 0.243 e. The Hall–Kier alpha value is -1.45. The SMILES string of the molecule is CN(C)C(=O)CN=C(NCC1CCOC1)N1CCN(S(=O)(=O)Cc2ccon2)CC1.I. The number of halogens is 1. The molecule has 3 rings (SSSR count). The van der Waals surface area contributed by atoms with Crippen molar-refractivity contribution < 1.29 is 22.5 Å². The Labute approximate surface area is 200 Å². The highest BCUT2D eigenvalue weighted by Gasteiger charge is 2.29. The zero-order chi connectivity index (χ0) is 21.6. The monoisotopic (exact) mass is 570 g/mol. The first-order chi connectivity index (χ1) is 14.3. The largest absolute Gasteiger partial charge is 0.381 e. The van der Waals surface area contributed by atoms with E-state index in [-0.39, 0.29) is 42.2 Å². The fraction of sp³-hybridized carbons (Fsp3) is 0.722. The number of hydrogen-bond acceptors (Lipinski definition) is 7. The molecule has 1 aromatic rings. The molecule has 2 aliphatic rings. The van der Waals surface area contributed by atoms with E-state index in [1.165, 1.54) is 15.5 Å². The first-order valence-corrected chi connectivity index (χ1v) is 11.6. The van der Waals surface area contributed by atoms with Crippen LogP contribution in [0.25, 0.3) is 0 Å². The van der Waals surface area contributed by atoms with E-state index in [2.05, 4.69) is 15.5 Å². The second-order valence-corrected chi connectivity index (χ2v) is 9.64. The molecule has 0 saturated carbocycles. The summed E-state index contributed by atoms with van der Waals surface area (Å²) < 4.78 is 36.9. The third kappa shape index (κ3) is 7.57. The van der Waals surface area contributed by atoms with Crippen molar-refractivity contribution in [3.8, 4) is 0 Å². The van der Waals surface area contributed by atoms with Crippen molar-refractivity contribution in [3.63, 3.8) is 0 Å². The van der Waals surface area contributed by atoms with Gasteiger partial charge in [0, 0.05) is 65.4 Å². The quantitative estimate of drug-likeness (QED) is 0.272. The molecule has 176 valence electrons. The van der Waals surface area contributed by atoms with E-state index in [0.29, 0.717) is 56.9 Å². The van der Waals surface area contributed by atoms with E-state index in [1.54, 1.807) is 20.2 Å². The van der Waals surface area contributed by atoms with Gasteiger partial charge in [0.15, 0.2) is 5.96 Å². The van der Waals surface area contributed by atoms with Gasteiger partial charge in [-0.1, -0.05) is 5.16 Å². The van der Waals surface area contributed by atoms with Crippen LogP contribution in [0, 0.1) is 5.92 Å². The predicted molar refractivity (Wildman–Crippen MR) is 126 cm³/mol. The second-order valence-electron chi connectivity index (χ2n) is 7.67. The normalized spacial score (nSPS) is 20.4. The zero-order valence-corrected chi connectivity index (χ0v) is 21.0. The zero-order valence-electron chi connectivity index (χ0n) is 17.9. The second kappa shape index (κ2) is 12.0. The van der Waals surface area contributed by atoms with Gasteiger partial charge in [-0.05, 0) is 6.42 Å². The molecule has 0 bridgehead atoms. The molecule has 13 heteroatoms. The van der Waals surface area contributed by atoms with Crippen molar-refractivity contribution in [3.05, 3.63) is 18.0 Å². The van der Waals surface area contributed by atoms with Crippen LogP contribution < -0.4 is 5.32 Å². The Kier molecular flexibility index (Phi) is 9.96. The number of aromatic nitrogens is 1. The number of sulfonamides is 1. The third-order valence-corrected chi connectivity index (χ3v) is 7.00. The lowest BCUT2D eigenvalue weighted by atomic mass is 10.1. The van der Waals surface area contributed by atoms with Crippen molar-refractivity contribution in [1.29, 1.82) is 0 Å². The highest BCUT2D eigenvalue weighted by atomic mass is 127. The fourth-order valence-electron chi connectivity index (χ4n) is 3.30.